The third-order valence-corrected chi connectivity index (χ3v) is 10.6. The van der Waals surface area contributed by atoms with E-state index in [0.717, 1.165) is 18.5 Å². The van der Waals surface area contributed by atoms with E-state index in [9.17, 15) is 34.8 Å². The lowest BCUT2D eigenvalue weighted by molar-refractivity contribution is -0.153. The first-order valence-corrected chi connectivity index (χ1v) is 14.9. The molecule has 0 spiro atoms. The topological polar surface area (TPSA) is 165 Å². The predicted octanol–water partition coefficient (Wildman–Crippen LogP) is 2.22. The fourth-order valence-electron chi connectivity index (χ4n) is 8.74. The van der Waals surface area contributed by atoms with E-state index >= 15 is 4.39 Å². The number of carbonyl (C=O) groups excluding carboxylic acids is 3. The molecular weight excluding hydrogens is 569 g/mol. The number of aliphatic hydroxyl groups excluding tert-OH is 2. The molecule has 2 aromatic rings. The van der Waals surface area contributed by atoms with Gasteiger partial charge in [0.2, 0.25) is 5.78 Å². The minimum Gasteiger partial charge on any atom is -0.508 e. The van der Waals surface area contributed by atoms with Gasteiger partial charge in [0.25, 0.3) is 5.91 Å². The number of likely N-dealkylation sites (N-methyl/N-ethyl adjacent to an activating group) is 1. The quantitative estimate of drug-likeness (QED) is 0.330. The van der Waals surface area contributed by atoms with Crippen LogP contribution in [0.2, 0.25) is 0 Å². The van der Waals surface area contributed by atoms with E-state index in [1.54, 1.807) is 0 Å². The number of aliphatic hydroxyl groups is 3. The van der Waals surface area contributed by atoms with Gasteiger partial charge in [-0.3, -0.25) is 24.2 Å². The van der Waals surface area contributed by atoms with Gasteiger partial charge < -0.3 is 26.2 Å². The Kier molecular flexibility index (Phi) is 6.34. The standard InChI is InChI=1S/C33H34FN3O7/c1-36(2)26-19-12-16-11-17-22(28(39)20(16)30(41)33(19,44)31(42)23(29(26)40)32(35)43)27(38)18-10-15-8-9-37(25(15)21(18)24(17)34)13-14-6-4-3-5-7-14/h3-7,15-16,19,25-26,38-39,42,44H,8-13H2,1-2H3,(H2,35,43)/t15-,16-,19-,25-,26-,33-/m0/s1. The molecule has 6 N–H and O–H groups in total. The van der Waals surface area contributed by atoms with E-state index in [1.807, 2.05) is 30.3 Å². The van der Waals surface area contributed by atoms with E-state index < -0.39 is 63.9 Å². The first kappa shape index (κ1) is 28.7. The number of primary amides is 1. The average molecular weight is 604 g/mol. The SMILES string of the molecule is CN(C)[C@@H]1C(=O)C(C(N)=O)=C(O)[C@@]2(O)C(=O)C3=C(O)c4c(O)c5c(c(F)c4C[C@H]3C[C@@H]12)[C@@H]1[C@@H](CCN1Cc1ccccc1)C5. The van der Waals surface area contributed by atoms with Crippen molar-refractivity contribution in [2.45, 2.75) is 49.9 Å². The maximum atomic E-state index is 16.7. The highest BCUT2D eigenvalue weighted by Crippen LogP contribution is 2.57. The molecule has 1 saturated carbocycles. The van der Waals surface area contributed by atoms with Gasteiger partial charge >= 0.3 is 0 Å². The number of phenols is 1. The summed E-state index contributed by atoms with van der Waals surface area (Å²) in [7, 11) is 3.07. The average Bonchev–Trinajstić information content (AvgIpc) is 3.54. The number of hydrogen-bond acceptors (Lipinski definition) is 9. The molecule has 6 atom stereocenters. The summed E-state index contributed by atoms with van der Waals surface area (Å²) in [4.78, 5) is 43.2. The molecule has 2 aromatic carbocycles. The highest BCUT2D eigenvalue weighted by molar-refractivity contribution is 6.24. The van der Waals surface area contributed by atoms with E-state index in [2.05, 4.69) is 4.90 Å². The maximum absolute atomic E-state index is 16.7. The number of hydrogen-bond donors (Lipinski definition) is 5. The van der Waals surface area contributed by atoms with Gasteiger partial charge in [-0.05, 0) is 63.7 Å². The Bertz CT molecular complexity index is 1720. The van der Waals surface area contributed by atoms with Crippen LogP contribution >= 0.6 is 0 Å². The van der Waals surface area contributed by atoms with Crippen LogP contribution in [0.3, 0.4) is 0 Å². The Hall–Kier alpha value is -4.06. The number of rotatable bonds is 4. The fraction of sp³-hybridized carbons (Fsp3) is 0.424. The van der Waals surface area contributed by atoms with Crippen molar-refractivity contribution < 1.29 is 39.2 Å². The van der Waals surface area contributed by atoms with Crippen LogP contribution in [-0.4, -0.2) is 80.0 Å². The van der Waals surface area contributed by atoms with Crippen LogP contribution in [0, 0.1) is 23.6 Å². The van der Waals surface area contributed by atoms with Crippen molar-refractivity contribution in [2.24, 2.45) is 23.5 Å². The highest BCUT2D eigenvalue weighted by atomic mass is 19.1. The summed E-state index contributed by atoms with van der Waals surface area (Å²) in [5, 5.41) is 45.9. The van der Waals surface area contributed by atoms with Crippen molar-refractivity contribution in [3.8, 4) is 5.75 Å². The van der Waals surface area contributed by atoms with Crippen LogP contribution in [-0.2, 0) is 33.8 Å². The molecule has 0 aromatic heterocycles. The second kappa shape index (κ2) is 9.72. The molecule has 0 bridgehead atoms. The Morgan fingerprint density at radius 2 is 1.82 bits per heavy atom. The van der Waals surface area contributed by atoms with Crippen LogP contribution < -0.4 is 5.73 Å². The van der Waals surface area contributed by atoms with Crippen LogP contribution in [0.4, 0.5) is 4.39 Å². The molecule has 1 saturated heterocycles. The first-order chi connectivity index (χ1) is 20.9. The molecule has 7 rings (SSSR count). The Morgan fingerprint density at radius 3 is 2.48 bits per heavy atom. The minimum absolute atomic E-state index is 0.0708. The van der Waals surface area contributed by atoms with E-state index in [-0.39, 0.29) is 47.3 Å². The number of fused-ring (bicyclic) bond motifs is 6. The zero-order valence-electron chi connectivity index (χ0n) is 24.4. The van der Waals surface area contributed by atoms with Gasteiger partial charge in [0.15, 0.2) is 11.4 Å². The Morgan fingerprint density at radius 1 is 1.11 bits per heavy atom. The summed E-state index contributed by atoms with van der Waals surface area (Å²) in [6, 6.07) is 8.44. The van der Waals surface area contributed by atoms with Crippen LogP contribution in [0.25, 0.3) is 5.76 Å². The lowest BCUT2D eigenvalue weighted by Gasteiger charge is -2.50. The smallest absolute Gasteiger partial charge is 0.255 e. The molecule has 230 valence electrons. The van der Waals surface area contributed by atoms with Crippen molar-refractivity contribution in [3.63, 3.8) is 0 Å². The molecule has 44 heavy (non-hydrogen) atoms. The lowest BCUT2D eigenvalue weighted by atomic mass is 9.57. The summed E-state index contributed by atoms with van der Waals surface area (Å²) in [6.07, 6.45) is 1.06. The normalized spacial score (nSPS) is 31.2. The van der Waals surface area contributed by atoms with Gasteiger partial charge in [0, 0.05) is 40.8 Å². The number of phenolic OH excluding ortho intramolecular Hbond substituents is 1. The third kappa shape index (κ3) is 3.66. The molecule has 11 heteroatoms. The van der Waals surface area contributed by atoms with E-state index in [1.165, 1.54) is 19.0 Å². The zero-order chi connectivity index (χ0) is 31.4. The van der Waals surface area contributed by atoms with Gasteiger partial charge in [-0.15, -0.1) is 0 Å². The van der Waals surface area contributed by atoms with Crippen LogP contribution in [0.1, 0.15) is 46.7 Å². The number of nitrogens with zero attached hydrogens (tertiary/aromatic N) is 2. The number of ketones is 2. The number of carbonyl (C=O) groups is 3. The predicted molar refractivity (Wildman–Crippen MR) is 156 cm³/mol. The van der Waals surface area contributed by atoms with Crippen molar-refractivity contribution in [2.75, 3.05) is 20.6 Å². The zero-order valence-corrected chi connectivity index (χ0v) is 24.4. The number of aromatic hydroxyl groups is 1. The van der Waals surface area contributed by atoms with Gasteiger partial charge in [-0.25, -0.2) is 4.39 Å². The summed E-state index contributed by atoms with van der Waals surface area (Å²) in [5.74, 6) is -7.84. The monoisotopic (exact) mass is 603 g/mol. The Balaban J connectivity index is 1.35. The van der Waals surface area contributed by atoms with Crippen molar-refractivity contribution >= 4 is 23.2 Å². The van der Waals surface area contributed by atoms with Crippen molar-refractivity contribution in [1.82, 2.24) is 9.80 Å². The summed E-state index contributed by atoms with van der Waals surface area (Å²) in [6.45, 7) is 1.40. The molecule has 5 aliphatic rings. The van der Waals surface area contributed by atoms with Gasteiger partial charge in [-0.2, -0.15) is 0 Å². The highest BCUT2D eigenvalue weighted by Gasteiger charge is 2.64. The number of nitrogens with two attached hydrogens (primary N) is 1. The molecule has 10 nitrogen and oxygen atoms in total. The third-order valence-electron chi connectivity index (χ3n) is 10.6. The Labute approximate surface area is 252 Å². The van der Waals surface area contributed by atoms with E-state index in [0.29, 0.717) is 24.1 Å². The van der Waals surface area contributed by atoms with Crippen molar-refractivity contribution in [1.29, 1.82) is 0 Å². The van der Waals surface area contributed by atoms with Gasteiger partial charge in [-0.1, -0.05) is 30.3 Å². The number of likely N-dealkylation sites (tertiary alicyclic amines) is 1. The summed E-state index contributed by atoms with van der Waals surface area (Å²) in [5.41, 5.74) is 3.30. The number of Topliss-reactive ketones (excluding diaryl/α,β-unsaturated/α-hetero) is 2. The van der Waals surface area contributed by atoms with E-state index in [4.69, 9.17) is 5.73 Å². The summed E-state index contributed by atoms with van der Waals surface area (Å²) >= 11 is 0. The molecule has 0 radical (unpaired) electrons. The van der Waals surface area contributed by atoms with Crippen molar-refractivity contribution in [3.05, 3.63) is 80.9 Å². The molecule has 4 aliphatic carbocycles. The molecule has 0 unspecified atom stereocenters. The lowest BCUT2D eigenvalue weighted by Crippen LogP contribution is -2.65. The number of amides is 1. The molecular formula is C33H34FN3O7. The molecule has 1 aliphatic heterocycles. The fourth-order valence-corrected chi connectivity index (χ4v) is 8.74. The number of benzene rings is 2. The van der Waals surface area contributed by atoms with Crippen LogP contribution in [0.15, 0.2) is 47.2 Å². The summed E-state index contributed by atoms with van der Waals surface area (Å²) < 4.78 is 16.7. The minimum atomic E-state index is -2.73. The molecule has 1 heterocycles. The second-order valence-corrected chi connectivity index (χ2v) is 13.0. The largest absolute Gasteiger partial charge is 0.508 e. The molecule has 1 amide bonds. The number of halogens is 1. The maximum Gasteiger partial charge on any atom is 0.255 e. The first-order valence-electron chi connectivity index (χ1n) is 14.9. The second-order valence-electron chi connectivity index (χ2n) is 13.0. The van der Waals surface area contributed by atoms with Crippen LogP contribution in [0.5, 0.6) is 5.75 Å². The molecule has 2 fully saturated rings. The van der Waals surface area contributed by atoms with Gasteiger partial charge in [0.1, 0.15) is 28.7 Å². The van der Waals surface area contributed by atoms with Gasteiger partial charge in [0.05, 0.1) is 11.6 Å².